The highest BCUT2D eigenvalue weighted by molar-refractivity contribution is 9.10. The Hall–Kier alpha value is -0.450. The zero-order chi connectivity index (χ0) is 13.0. The van der Waals surface area contributed by atoms with Gasteiger partial charge in [0.05, 0.1) is 10.6 Å². The maximum atomic E-state index is 13.2. The van der Waals surface area contributed by atoms with Gasteiger partial charge in [-0.25, -0.2) is 4.39 Å². The van der Waals surface area contributed by atoms with Crippen LogP contribution in [-0.4, -0.2) is 25.8 Å². The van der Waals surface area contributed by atoms with E-state index in [1.807, 2.05) is 19.2 Å². The number of nitrogens with one attached hydrogen (secondary N) is 1. The molecule has 1 aromatic carbocycles. The lowest BCUT2D eigenvalue weighted by molar-refractivity contribution is 0.0954. The van der Waals surface area contributed by atoms with Gasteiger partial charge in [0, 0.05) is 12.6 Å². The van der Waals surface area contributed by atoms with E-state index in [4.69, 9.17) is 4.74 Å². The summed E-state index contributed by atoms with van der Waals surface area (Å²) in [6, 6.07) is 5.60. The molecule has 2 rings (SSSR count). The molecular weight excluding hydrogens is 297 g/mol. The molecule has 0 saturated carbocycles. The van der Waals surface area contributed by atoms with Crippen molar-refractivity contribution in [1.29, 1.82) is 0 Å². The SMILES string of the molecule is CNC(Cc1ccc(F)c(Br)c1)CC1CCCO1. The summed E-state index contributed by atoms with van der Waals surface area (Å²) in [4.78, 5) is 0. The number of benzene rings is 1. The molecule has 100 valence electrons. The average molecular weight is 316 g/mol. The summed E-state index contributed by atoms with van der Waals surface area (Å²) >= 11 is 3.23. The second-order valence-electron chi connectivity index (χ2n) is 4.81. The topological polar surface area (TPSA) is 21.3 Å². The Morgan fingerprint density at radius 2 is 2.39 bits per heavy atom. The summed E-state index contributed by atoms with van der Waals surface area (Å²) in [7, 11) is 1.97. The first-order chi connectivity index (χ1) is 8.69. The summed E-state index contributed by atoms with van der Waals surface area (Å²) < 4.78 is 19.4. The van der Waals surface area contributed by atoms with Crippen LogP contribution < -0.4 is 5.32 Å². The number of hydrogen-bond donors (Lipinski definition) is 1. The zero-order valence-electron chi connectivity index (χ0n) is 10.6. The Morgan fingerprint density at radius 3 is 3.00 bits per heavy atom. The van der Waals surface area contributed by atoms with E-state index in [1.54, 1.807) is 0 Å². The van der Waals surface area contributed by atoms with E-state index in [9.17, 15) is 4.39 Å². The van der Waals surface area contributed by atoms with Gasteiger partial charge < -0.3 is 10.1 Å². The Morgan fingerprint density at radius 1 is 1.56 bits per heavy atom. The minimum absolute atomic E-state index is 0.209. The molecule has 0 spiro atoms. The lowest BCUT2D eigenvalue weighted by atomic mass is 9.99. The smallest absolute Gasteiger partial charge is 0.137 e. The molecule has 18 heavy (non-hydrogen) atoms. The molecule has 1 aliphatic rings. The third-order valence-electron chi connectivity index (χ3n) is 3.45. The van der Waals surface area contributed by atoms with E-state index >= 15 is 0 Å². The van der Waals surface area contributed by atoms with Crippen molar-refractivity contribution in [3.63, 3.8) is 0 Å². The highest BCUT2D eigenvalue weighted by atomic mass is 79.9. The number of halogens is 2. The van der Waals surface area contributed by atoms with Crippen LogP contribution in [0.4, 0.5) is 4.39 Å². The molecule has 2 nitrogen and oxygen atoms in total. The van der Waals surface area contributed by atoms with Crippen LogP contribution in [0.25, 0.3) is 0 Å². The number of hydrogen-bond acceptors (Lipinski definition) is 2. The molecule has 1 N–H and O–H groups in total. The van der Waals surface area contributed by atoms with Crippen molar-refractivity contribution in [1.82, 2.24) is 5.32 Å². The van der Waals surface area contributed by atoms with Gasteiger partial charge in [0.15, 0.2) is 0 Å². The quantitative estimate of drug-likeness (QED) is 0.900. The second kappa shape index (κ2) is 6.64. The van der Waals surface area contributed by atoms with Crippen LogP contribution in [0.5, 0.6) is 0 Å². The summed E-state index contributed by atoms with van der Waals surface area (Å²) in [6.45, 7) is 0.892. The predicted molar refractivity (Wildman–Crippen MR) is 74.2 cm³/mol. The van der Waals surface area contributed by atoms with Crippen molar-refractivity contribution in [3.8, 4) is 0 Å². The Balaban J connectivity index is 1.94. The molecule has 1 heterocycles. The summed E-state index contributed by atoms with van der Waals surface area (Å²) in [5.41, 5.74) is 1.14. The molecule has 0 amide bonds. The second-order valence-corrected chi connectivity index (χ2v) is 5.66. The van der Waals surface area contributed by atoms with Gasteiger partial charge in [0.25, 0.3) is 0 Å². The Bertz CT molecular complexity index is 393. The van der Waals surface area contributed by atoms with Crippen LogP contribution in [0.2, 0.25) is 0 Å². The molecule has 1 aromatic rings. The molecule has 0 aliphatic carbocycles. The standard InChI is InChI=1S/C14H19BrFNO/c1-17-11(9-12-3-2-6-18-12)7-10-4-5-14(16)13(15)8-10/h4-5,8,11-12,17H,2-3,6-7,9H2,1H3. The monoisotopic (exact) mass is 315 g/mol. The van der Waals surface area contributed by atoms with Crippen LogP contribution in [0.1, 0.15) is 24.8 Å². The molecule has 2 atom stereocenters. The molecular formula is C14H19BrFNO. The van der Waals surface area contributed by atoms with Crippen molar-refractivity contribution in [2.24, 2.45) is 0 Å². The van der Waals surface area contributed by atoms with E-state index in [0.29, 0.717) is 16.6 Å². The van der Waals surface area contributed by atoms with E-state index in [0.717, 1.165) is 31.4 Å². The summed E-state index contributed by atoms with van der Waals surface area (Å²) in [6.07, 6.45) is 4.63. The van der Waals surface area contributed by atoms with Gasteiger partial charge in [0.1, 0.15) is 5.82 Å². The van der Waals surface area contributed by atoms with E-state index < -0.39 is 0 Å². The van der Waals surface area contributed by atoms with Crippen molar-refractivity contribution < 1.29 is 9.13 Å². The van der Waals surface area contributed by atoms with Crippen LogP contribution >= 0.6 is 15.9 Å². The Kier molecular flexibility index (Phi) is 5.15. The van der Waals surface area contributed by atoms with Crippen LogP contribution in [0.3, 0.4) is 0 Å². The lowest BCUT2D eigenvalue weighted by Gasteiger charge is -2.20. The first-order valence-electron chi connectivity index (χ1n) is 6.42. The molecule has 0 aromatic heterocycles. The van der Waals surface area contributed by atoms with E-state index in [-0.39, 0.29) is 5.82 Å². The molecule has 1 fully saturated rings. The van der Waals surface area contributed by atoms with Gasteiger partial charge in [-0.05, 0) is 66.4 Å². The van der Waals surface area contributed by atoms with Gasteiger partial charge in [-0.2, -0.15) is 0 Å². The van der Waals surface area contributed by atoms with Gasteiger partial charge in [-0.3, -0.25) is 0 Å². The predicted octanol–water partition coefficient (Wildman–Crippen LogP) is 3.29. The molecule has 0 radical (unpaired) electrons. The van der Waals surface area contributed by atoms with Crippen LogP contribution in [0, 0.1) is 5.82 Å². The molecule has 1 aliphatic heterocycles. The van der Waals surface area contributed by atoms with Gasteiger partial charge in [-0.1, -0.05) is 6.07 Å². The molecule has 0 bridgehead atoms. The first-order valence-corrected chi connectivity index (χ1v) is 7.21. The molecule has 4 heteroatoms. The maximum absolute atomic E-state index is 13.2. The normalized spacial score (nSPS) is 21.2. The molecule has 2 unspecified atom stereocenters. The van der Waals surface area contributed by atoms with Crippen molar-refractivity contribution >= 4 is 15.9 Å². The first kappa shape index (κ1) is 14.0. The fourth-order valence-corrected chi connectivity index (χ4v) is 2.83. The van der Waals surface area contributed by atoms with Crippen LogP contribution in [0.15, 0.2) is 22.7 Å². The minimum atomic E-state index is -0.209. The minimum Gasteiger partial charge on any atom is -0.378 e. The van der Waals surface area contributed by atoms with Gasteiger partial charge >= 0.3 is 0 Å². The van der Waals surface area contributed by atoms with Crippen molar-refractivity contribution in [3.05, 3.63) is 34.1 Å². The zero-order valence-corrected chi connectivity index (χ0v) is 12.2. The number of rotatable bonds is 5. The third-order valence-corrected chi connectivity index (χ3v) is 4.05. The van der Waals surface area contributed by atoms with Gasteiger partial charge in [-0.15, -0.1) is 0 Å². The highest BCUT2D eigenvalue weighted by Gasteiger charge is 2.20. The lowest BCUT2D eigenvalue weighted by Crippen LogP contribution is -2.31. The van der Waals surface area contributed by atoms with Crippen molar-refractivity contribution in [2.45, 2.75) is 37.8 Å². The summed E-state index contributed by atoms with van der Waals surface area (Å²) in [5, 5.41) is 3.32. The average Bonchev–Trinajstić information content (AvgIpc) is 2.86. The van der Waals surface area contributed by atoms with Crippen LogP contribution in [-0.2, 0) is 11.2 Å². The largest absolute Gasteiger partial charge is 0.378 e. The number of likely N-dealkylation sites (N-methyl/N-ethyl adjacent to an activating group) is 1. The summed E-state index contributed by atoms with van der Waals surface area (Å²) in [5.74, 6) is -0.209. The fraction of sp³-hybridized carbons (Fsp3) is 0.571. The number of ether oxygens (including phenoxy) is 1. The highest BCUT2D eigenvalue weighted by Crippen LogP contribution is 2.21. The van der Waals surface area contributed by atoms with Crippen molar-refractivity contribution in [2.75, 3.05) is 13.7 Å². The fourth-order valence-electron chi connectivity index (χ4n) is 2.40. The van der Waals surface area contributed by atoms with E-state index in [2.05, 4.69) is 21.2 Å². The van der Waals surface area contributed by atoms with E-state index in [1.165, 1.54) is 12.5 Å². The van der Waals surface area contributed by atoms with Gasteiger partial charge in [0.2, 0.25) is 0 Å². The maximum Gasteiger partial charge on any atom is 0.137 e. The third kappa shape index (κ3) is 3.77. The Labute approximate surface area is 116 Å². The molecule has 1 saturated heterocycles.